The lowest BCUT2D eigenvalue weighted by atomic mass is 10.1. The Bertz CT molecular complexity index is 717. The smallest absolute Gasteiger partial charge is 0.265 e. The zero-order valence-electron chi connectivity index (χ0n) is 11.3. The van der Waals surface area contributed by atoms with Gasteiger partial charge in [-0.15, -0.1) is 0 Å². The number of anilines is 1. The molecule has 0 bridgehead atoms. The summed E-state index contributed by atoms with van der Waals surface area (Å²) in [6, 6.07) is 9.87. The summed E-state index contributed by atoms with van der Waals surface area (Å²) in [5.74, 6) is -0.184. The minimum absolute atomic E-state index is 0.156. The second-order valence-corrected chi connectivity index (χ2v) is 5.47. The first-order valence-electron chi connectivity index (χ1n) is 6.55. The van der Waals surface area contributed by atoms with Crippen molar-refractivity contribution in [2.24, 2.45) is 0 Å². The maximum Gasteiger partial charge on any atom is 0.265 e. The Labute approximate surface area is 126 Å². The van der Waals surface area contributed by atoms with Crippen LogP contribution in [-0.2, 0) is 11.2 Å². The molecule has 0 aliphatic carbocycles. The highest BCUT2D eigenvalue weighted by Gasteiger charge is 2.29. The van der Waals surface area contributed by atoms with Gasteiger partial charge in [0.05, 0.1) is 5.69 Å². The molecule has 1 N–H and O–H groups in total. The van der Waals surface area contributed by atoms with Gasteiger partial charge in [0.15, 0.2) is 6.10 Å². The van der Waals surface area contributed by atoms with Gasteiger partial charge in [-0.3, -0.25) is 4.79 Å². The first kappa shape index (κ1) is 13.9. The fraction of sp³-hybridized carbons (Fsp3) is 0.188. The van der Waals surface area contributed by atoms with Crippen LogP contribution in [-0.4, -0.2) is 12.0 Å². The highest BCUT2D eigenvalue weighted by atomic mass is 35.5. The highest BCUT2D eigenvalue weighted by Crippen LogP contribution is 2.31. The Morgan fingerprint density at radius 1 is 1.33 bits per heavy atom. The molecule has 0 spiro atoms. The molecular weight excluding hydrogens is 293 g/mol. The van der Waals surface area contributed by atoms with Crippen LogP contribution >= 0.6 is 11.6 Å². The topological polar surface area (TPSA) is 38.3 Å². The number of fused-ring (bicyclic) bond motifs is 1. The molecule has 0 saturated carbocycles. The normalized spacial score (nSPS) is 16.2. The lowest BCUT2D eigenvalue weighted by Gasteiger charge is -2.12. The summed E-state index contributed by atoms with van der Waals surface area (Å²) in [5.41, 5.74) is 1.83. The van der Waals surface area contributed by atoms with Crippen molar-refractivity contribution in [1.82, 2.24) is 0 Å². The van der Waals surface area contributed by atoms with Gasteiger partial charge in [-0.2, -0.15) is 0 Å². The predicted molar refractivity (Wildman–Crippen MR) is 79.3 cm³/mol. The van der Waals surface area contributed by atoms with Crippen molar-refractivity contribution in [2.75, 3.05) is 5.32 Å². The van der Waals surface area contributed by atoms with Gasteiger partial charge in [-0.25, -0.2) is 4.39 Å². The van der Waals surface area contributed by atoms with Gasteiger partial charge >= 0.3 is 0 Å². The van der Waals surface area contributed by atoms with Crippen molar-refractivity contribution in [3.63, 3.8) is 0 Å². The molecule has 3 rings (SSSR count). The van der Waals surface area contributed by atoms with E-state index in [0.29, 0.717) is 17.2 Å². The second kappa shape index (κ2) is 5.37. The minimum atomic E-state index is -0.667. The van der Waals surface area contributed by atoms with E-state index in [4.69, 9.17) is 16.3 Å². The molecule has 1 unspecified atom stereocenters. The van der Waals surface area contributed by atoms with E-state index in [-0.39, 0.29) is 11.6 Å². The average Bonchev–Trinajstić information content (AvgIpc) is 2.85. The Morgan fingerprint density at radius 3 is 2.90 bits per heavy atom. The average molecular weight is 306 g/mol. The van der Waals surface area contributed by atoms with Gasteiger partial charge in [0.1, 0.15) is 11.6 Å². The van der Waals surface area contributed by atoms with E-state index in [1.54, 1.807) is 37.3 Å². The number of carbonyl (C=O) groups excluding carboxylic acids is 1. The number of hydrogen-bond donors (Lipinski definition) is 1. The Hall–Kier alpha value is -2.07. The number of aryl methyl sites for hydroxylation is 1. The highest BCUT2D eigenvalue weighted by molar-refractivity contribution is 6.30. The number of nitrogens with one attached hydrogen (secondary N) is 1. The lowest BCUT2D eigenvalue weighted by molar-refractivity contribution is -0.122. The molecule has 2 aromatic rings. The number of benzene rings is 2. The quantitative estimate of drug-likeness (QED) is 0.918. The van der Waals surface area contributed by atoms with Gasteiger partial charge in [-0.1, -0.05) is 17.7 Å². The molecule has 1 aliphatic heterocycles. The maximum atomic E-state index is 13.7. The van der Waals surface area contributed by atoms with Crippen molar-refractivity contribution in [2.45, 2.75) is 19.4 Å². The molecule has 1 amide bonds. The molecule has 21 heavy (non-hydrogen) atoms. The number of hydrogen-bond acceptors (Lipinski definition) is 2. The van der Waals surface area contributed by atoms with E-state index in [9.17, 15) is 9.18 Å². The van der Waals surface area contributed by atoms with Crippen LogP contribution in [0.4, 0.5) is 10.1 Å². The van der Waals surface area contributed by atoms with Crippen LogP contribution in [0.15, 0.2) is 36.4 Å². The summed E-state index contributed by atoms with van der Waals surface area (Å²) in [6.07, 6.45) is -0.242. The summed E-state index contributed by atoms with van der Waals surface area (Å²) < 4.78 is 19.3. The standard InChI is InChI=1S/C16H13ClFNO2/c1-9-2-4-13(12(18)6-9)19-16(20)15-8-10-7-11(17)3-5-14(10)21-15/h2-7,15H,8H2,1H3,(H,19,20). The first-order chi connectivity index (χ1) is 10.0. The molecule has 3 nitrogen and oxygen atoms in total. The van der Waals surface area contributed by atoms with E-state index in [2.05, 4.69) is 5.32 Å². The SMILES string of the molecule is Cc1ccc(NC(=O)C2Cc3cc(Cl)ccc3O2)c(F)c1. The summed E-state index contributed by atoms with van der Waals surface area (Å²) in [7, 11) is 0. The molecular formula is C16H13ClFNO2. The number of amides is 1. The Morgan fingerprint density at radius 2 is 2.14 bits per heavy atom. The third-order valence-electron chi connectivity index (χ3n) is 3.37. The van der Waals surface area contributed by atoms with E-state index in [1.165, 1.54) is 6.07 Å². The van der Waals surface area contributed by atoms with Crippen molar-refractivity contribution < 1.29 is 13.9 Å². The molecule has 108 valence electrons. The van der Waals surface area contributed by atoms with E-state index in [0.717, 1.165) is 11.1 Å². The number of ether oxygens (including phenoxy) is 1. The summed E-state index contributed by atoms with van der Waals surface area (Å²) in [5, 5.41) is 3.16. The van der Waals surface area contributed by atoms with E-state index in [1.807, 2.05) is 0 Å². The third-order valence-corrected chi connectivity index (χ3v) is 3.61. The summed E-state index contributed by atoms with van der Waals surface area (Å²) >= 11 is 5.91. The molecule has 1 atom stereocenters. The van der Waals surface area contributed by atoms with Gasteiger partial charge in [0.25, 0.3) is 5.91 Å². The summed E-state index contributed by atoms with van der Waals surface area (Å²) in [4.78, 5) is 12.2. The van der Waals surface area contributed by atoms with Gasteiger partial charge in [-0.05, 0) is 48.4 Å². The van der Waals surface area contributed by atoms with Crippen molar-refractivity contribution in [1.29, 1.82) is 0 Å². The molecule has 0 aromatic heterocycles. The fourth-order valence-electron chi connectivity index (χ4n) is 2.30. The fourth-order valence-corrected chi connectivity index (χ4v) is 2.49. The molecule has 2 aromatic carbocycles. The molecule has 0 saturated heterocycles. The number of halogens is 2. The van der Waals surface area contributed by atoms with Crippen LogP contribution in [0.3, 0.4) is 0 Å². The Balaban J connectivity index is 1.73. The van der Waals surface area contributed by atoms with Crippen LogP contribution in [0.25, 0.3) is 0 Å². The number of carbonyl (C=O) groups is 1. The zero-order valence-corrected chi connectivity index (χ0v) is 12.1. The van der Waals surface area contributed by atoms with Gasteiger partial charge < -0.3 is 10.1 Å². The molecule has 5 heteroatoms. The van der Waals surface area contributed by atoms with Crippen LogP contribution < -0.4 is 10.1 Å². The molecule has 1 heterocycles. The Kier molecular flexibility index (Phi) is 3.55. The van der Waals surface area contributed by atoms with Crippen LogP contribution in [0, 0.1) is 12.7 Å². The largest absolute Gasteiger partial charge is 0.480 e. The van der Waals surface area contributed by atoms with E-state index >= 15 is 0 Å². The van der Waals surface area contributed by atoms with Crippen LogP contribution in [0.2, 0.25) is 5.02 Å². The maximum absolute atomic E-state index is 13.7. The molecule has 0 radical (unpaired) electrons. The van der Waals surface area contributed by atoms with Crippen molar-refractivity contribution in [3.8, 4) is 5.75 Å². The van der Waals surface area contributed by atoms with Crippen molar-refractivity contribution >= 4 is 23.2 Å². The van der Waals surface area contributed by atoms with Crippen LogP contribution in [0.5, 0.6) is 5.75 Å². The zero-order chi connectivity index (χ0) is 15.0. The predicted octanol–water partition coefficient (Wildman–Crippen LogP) is 3.73. The monoisotopic (exact) mass is 305 g/mol. The van der Waals surface area contributed by atoms with Gasteiger partial charge in [0.2, 0.25) is 0 Å². The van der Waals surface area contributed by atoms with E-state index < -0.39 is 11.9 Å². The van der Waals surface area contributed by atoms with Crippen molar-refractivity contribution in [3.05, 3.63) is 58.4 Å². The summed E-state index contributed by atoms with van der Waals surface area (Å²) in [6.45, 7) is 1.79. The lowest BCUT2D eigenvalue weighted by Crippen LogP contribution is -2.31. The van der Waals surface area contributed by atoms with Gasteiger partial charge in [0, 0.05) is 11.4 Å². The third kappa shape index (κ3) is 2.85. The molecule has 1 aliphatic rings. The number of rotatable bonds is 2. The second-order valence-electron chi connectivity index (χ2n) is 5.04. The first-order valence-corrected chi connectivity index (χ1v) is 6.93. The minimum Gasteiger partial charge on any atom is -0.480 e. The van der Waals surface area contributed by atoms with Crippen LogP contribution in [0.1, 0.15) is 11.1 Å². The molecule has 0 fully saturated rings.